The second-order valence-corrected chi connectivity index (χ2v) is 6.94. The molecule has 7 nitrogen and oxygen atoms in total. The Morgan fingerprint density at radius 2 is 1.65 bits per heavy atom. The molecule has 0 unspecified atom stereocenters. The molecule has 23 heavy (non-hydrogen) atoms. The molecule has 0 aliphatic rings. The van der Waals surface area contributed by atoms with E-state index in [1.165, 1.54) is 50.1 Å². The Morgan fingerprint density at radius 3 is 2.13 bits per heavy atom. The molecule has 0 spiro atoms. The van der Waals surface area contributed by atoms with Gasteiger partial charge in [0.15, 0.2) is 5.78 Å². The first kappa shape index (κ1) is 19.0. The number of nitrogens with zero attached hydrogens (tertiary/aromatic N) is 1. The lowest BCUT2D eigenvalue weighted by molar-refractivity contribution is -0.129. The maximum atomic E-state index is 12.1. The number of sulfonamides is 1. The summed E-state index contributed by atoms with van der Waals surface area (Å²) in [5.41, 5.74) is 0.406. The SMILES string of the molecule is CC(=O)CCN(C)C(=O)CNS(=O)(=O)c1ccc(C(C)=O)cc1. The highest BCUT2D eigenvalue weighted by molar-refractivity contribution is 7.89. The highest BCUT2D eigenvalue weighted by atomic mass is 32.2. The van der Waals surface area contributed by atoms with Gasteiger partial charge in [0.25, 0.3) is 0 Å². The van der Waals surface area contributed by atoms with Crippen LogP contribution < -0.4 is 4.72 Å². The van der Waals surface area contributed by atoms with Crippen LogP contribution in [0.5, 0.6) is 0 Å². The molecule has 0 aliphatic carbocycles. The monoisotopic (exact) mass is 340 g/mol. The summed E-state index contributed by atoms with van der Waals surface area (Å²) in [5, 5.41) is 0. The van der Waals surface area contributed by atoms with Gasteiger partial charge in [-0.25, -0.2) is 13.1 Å². The lowest BCUT2D eigenvalue weighted by atomic mass is 10.2. The summed E-state index contributed by atoms with van der Waals surface area (Å²) in [4.78, 5) is 35.1. The number of Topliss-reactive ketones (excluding diaryl/α,β-unsaturated/α-hetero) is 2. The van der Waals surface area contributed by atoms with Gasteiger partial charge in [0.2, 0.25) is 15.9 Å². The Hall–Kier alpha value is -2.06. The van der Waals surface area contributed by atoms with Crippen LogP contribution in [0.1, 0.15) is 30.6 Å². The molecule has 0 heterocycles. The van der Waals surface area contributed by atoms with Crippen LogP contribution in [0.4, 0.5) is 0 Å². The predicted octanol–water partition coefficient (Wildman–Crippen LogP) is 0.605. The largest absolute Gasteiger partial charge is 0.344 e. The van der Waals surface area contributed by atoms with E-state index in [-0.39, 0.29) is 29.4 Å². The number of hydrogen-bond acceptors (Lipinski definition) is 5. The molecule has 0 aromatic heterocycles. The quantitative estimate of drug-likeness (QED) is 0.699. The number of carbonyl (C=O) groups excluding carboxylic acids is 3. The van der Waals surface area contributed by atoms with Crippen LogP contribution in [-0.2, 0) is 19.6 Å². The first-order valence-electron chi connectivity index (χ1n) is 6.97. The van der Waals surface area contributed by atoms with Crippen molar-refractivity contribution in [2.75, 3.05) is 20.1 Å². The zero-order valence-electron chi connectivity index (χ0n) is 13.3. The van der Waals surface area contributed by atoms with Crippen molar-refractivity contribution in [3.63, 3.8) is 0 Å². The van der Waals surface area contributed by atoms with Crippen molar-refractivity contribution in [3.8, 4) is 0 Å². The zero-order valence-corrected chi connectivity index (χ0v) is 14.1. The molecule has 1 aromatic carbocycles. The Balaban J connectivity index is 2.66. The number of hydrogen-bond donors (Lipinski definition) is 1. The van der Waals surface area contributed by atoms with E-state index in [2.05, 4.69) is 4.72 Å². The molecule has 0 radical (unpaired) electrons. The minimum atomic E-state index is -3.84. The summed E-state index contributed by atoms with van der Waals surface area (Å²) in [6.45, 7) is 2.65. The second kappa shape index (κ2) is 7.98. The number of ketones is 2. The molecule has 1 N–H and O–H groups in total. The summed E-state index contributed by atoms with van der Waals surface area (Å²) in [7, 11) is -2.34. The fourth-order valence-corrected chi connectivity index (χ4v) is 2.67. The van der Waals surface area contributed by atoms with E-state index in [1.54, 1.807) is 0 Å². The van der Waals surface area contributed by atoms with Gasteiger partial charge in [-0.15, -0.1) is 0 Å². The van der Waals surface area contributed by atoms with Crippen LogP contribution in [0, 0.1) is 0 Å². The smallest absolute Gasteiger partial charge is 0.241 e. The van der Waals surface area contributed by atoms with E-state index in [0.29, 0.717) is 5.56 Å². The minimum absolute atomic E-state index is 0.0262. The van der Waals surface area contributed by atoms with E-state index in [1.807, 2.05) is 0 Å². The lowest BCUT2D eigenvalue weighted by Crippen LogP contribution is -2.38. The standard InChI is InChI=1S/C15H20N2O5S/c1-11(18)8-9-17(3)15(20)10-16-23(21,22)14-6-4-13(5-7-14)12(2)19/h4-7,16H,8-10H2,1-3H3. The molecule has 0 saturated carbocycles. The van der Waals surface area contributed by atoms with Gasteiger partial charge in [-0.3, -0.25) is 14.4 Å². The topological polar surface area (TPSA) is 101 Å². The summed E-state index contributed by atoms with van der Waals surface area (Å²) < 4.78 is 26.4. The maximum absolute atomic E-state index is 12.1. The molecule has 8 heteroatoms. The molecule has 0 aliphatic heterocycles. The molecule has 1 amide bonds. The molecule has 0 atom stereocenters. The van der Waals surface area contributed by atoms with E-state index in [9.17, 15) is 22.8 Å². The van der Waals surface area contributed by atoms with Crippen LogP contribution in [0.25, 0.3) is 0 Å². The Labute approximate surface area is 135 Å². The van der Waals surface area contributed by atoms with Gasteiger partial charge in [0, 0.05) is 25.6 Å². The minimum Gasteiger partial charge on any atom is -0.344 e. The van der Waals surface area contributed by atoms with Crippen molar-refractivity contribution in [3.05, 3.63) is 29.8 Å². The summed E-state index contributed by atoms with van der Waals surface area (Å²) in [6.07, 6.45) is 0.224. The summed E-state index contributed by atoms with van der Waals surface area (Å²) in [5.74, 6) is -0.643. The molecule has 0 fully saturated rings. The maximum Gasteiger partial charge on any atom is 0.241 e. The van der Waals surface area contributed by atoms with Crippen molar-refractivity contribution in [2.45, 2.75) is 25.2 Å². The van der Waals surface area contributed by atoms with Crippen molar-refractivity contribution in [1.82, 2.24) is 9.62 Å². The van der Waals surface area contributed by atoms with E-state index < -0.39 is 22.5 Å². The van der Waals surface area contributed by atoms with Crippen molar-refractivity contribution < 1.29 is 22.8 Å². The van der Waals surface area contributed by atoms with Crippen LogP contribution in [0.15, 0.2) is 29.2 Å². The zero-order chi connectivity index (χ0) is 17.6. The van der Waals surface area contributed by atoms with Crippen molar-refractivity contribution >= 4 is 27.5 Å². The van der Waals surface area contributed by atoms with E-state index in [0.717, 1.165) is 0 Å². The van der Waals surface area contributed by atoms with Crippen LogP contribution >= 0.6 is 0 Å². The van der Waals surface area contributed by atoms with Crippen LogP contribution in [0.3, 0.4) is 0 Å². The number of carbonyl (C=O) groups is 3. The highest BCUT2D eigenvalue weighted by Crippen LogP contribution is 2.10. The molecule has 1 aromatic rings. The number of nitrogens with one attached hydrogen (secondary N) is 1. The average molecular weight is 340 g/mol. The molecule has 126 valence electrons. The first-order valence-corrected chi connectivity index (χ1v) is 8.46. The third-order valence-electron chi connectivity index (χ3n) is 3.21. The number of amides is 1. The van der Waals surface area contributed by atoms with Gasteiger partial charge in [-0.2, -0.15) is 0 Å². The van der Waals surface area contributed by atoms with Gasteiger partial charge in [0.1, 0.15) is 5.78 Å². The lowest BCUT2D eigenvalue weighted by Gasteiger charge is -2.16. The Morgan fingerprint density at radius 1 is 1.09 bits per heavy atom. The van der Waals surface area contributed by atoms with Gasteiger partial charge >= 0.3 is 0 Å². The average Bonchev–Trinajstić information content (AvgIpc) is 2.50. The molecular formula is C15H20N2O5S. The fourth-order valence-electron chi connectivity index (χ4n) is 1.69. The highest BCUT2D eigenvalue weighted by Gasteiger charge is 2.17. The summed E-state index contributed by atoms with van der Waals surface area (Å²) >= 11 is 0. The van der Waals surface area contributed by atoms with Gasteiger partial charge in [-0.1, -0.05) is 12.1 Å². The number of likely N-dealkylation sites (N-methyl/N-ethyl adjacent to an activating group) is 1. The number of benzene rings is 1. The third kappa shape index (κ3) is 5.91. The molecular weight excluding hydrogens is 320 g/mol. The third-order valence-corrected chi connectivity index (χ3v) is 4.63. The van der Waals surface area contributed by atoms with Gasteiger partial charge in [-0.05, 0) is 26.0 Å². The van der Waals surface area contributed by atoms with Crippen LogP contribution in [-0.4, -0.2) is 50.9 Å². The Kier molecular flexibility index (Phi) is 6.59. The van der Waals surface area contributed by atoms with Crippen molar-refractivity contribution in [2.24, 2.45) is 0 Å². The van der Waals surface area contributed by atoms with Gasteiger partial charge in [0.05, 0.1) is 11.4 Å². The normalized spacial score (nSPS) is 11.1. The Bertz CT molecular complexity index is 695. The van der Waals surface area contributed by atoms with Crippen LogP contribution in [0.2, 0.25) is 0 Å². The predicted molar refractivity (Wildman–Crippen MR) is 84.6 cm³/mol. The second-order valence-electron chi connectivity index (χ2n) is 5.17. The molecule has 0 bridgehead atoms. The fraction of sp³-hybridized carbons (Fsp3) is 0.400. The van der Waals surface area contributed by atoms with Crippen molar-refractivity contribution in [1.29, 1.82) is 0 Å². The number of rotatable bonds is 8. The molecule has 0 saturated heterocycles. The summed E-state index contributed by atoms with van der Waals surface area (Å²) in [6, 6.07) is 5.45. The molecule has 1 rings (SSSR count). The van der Waals surface area contributed by atoms with E-state index >= 15 is 0 Å². The first-order chi connectivity index (χ1) is 10.6. The van der Waals surface area contributed by atoms with Gasteiger partial charge < -0.3 is 4.90 Å². The van der Waals surface area contributed by atoms with E-state index in [4.69, 9.17) is 0 Å².